The van der Waals surface area contributed by atoms with Crippen LogP contribution < -0.4 is 0 Å². The average molecular weight is 272 g/mol. The van der Waals surface area contributed by atoms with Crippen LogP contribution in [0.2, 0.25) is 0 Å². The van der Waals surface area contributed by atoms with Crippen LogP contribution in [-0.2, 0) is 4.79 Å². The van der Waals surface area contributed by atoms with Gasteiger partial charge in [-0.2, -0.15) is 0 Å². The zero-order valence-electron chi connectivity index (χ0n) is 11.5. The van der Waals surface area contributed by atoms with E-state index in [4.69, 9.17) is 4.42 Å². The Morgan fingerprint density at radius 2 is 2.00 bits per heavy atom. The molecule has 0 radical (unpaired) electrons. The van der Waals surface area contributed by atoms with Gasteiger partial charge in [0, 0.05) is 14.1 Å². The third kappa shape index (κ3) is 3.99. The van der Waals surface area contributed by atoms with Crippen molar-refractivity contribution in [3.8, 4) is 0 Å². The van der Waals surface area contributed by atoms with Crippen molar-refractivity contribution in [2.75, 3.05) is 33.9 Å². The van der Waals surface area contributed by atoms with Gasteiger partial charge in [-0.25, -0.2) is 0 Å². The Hall–Kier alpha value is -1.08. The number of amides is 1. The zero-order chi connectivity index (χ0) is 13.7. The van der Waals surface area contributed by atoms with Crippen molar-refractivity contribution in [1.29, 1.82) is 0 Å². The number of hydrogen-bond donors (Lipinski definition) is 0. The zero-order valence-corrected chi connectivity index (χ0v) is 12.3. The van der Waals surface area contributed by atoms with Gasteiger partial charge in [-0.1, -0.05) is 18.7 Å². The molecule has 0 N–H and O–H groups in total. The lowest BCUT2D eigenvalue weighted by Crippen LogP contribution is -2.23. The van der Waals surface area contributed by atoms with Gasteiger partial charge in [0.05, 0.1) is 11.8 Å². The molecule has 1 aromatic heterocycles. The molecule has 1 heterocycles. The second-order valence-corrected chi connectivity index (χ2v) is 5.30. The molecule has 0 unspecified atom stereocenters. The first-order chi connectivity index (χ1) is 8.45. The Morgan fingerprint density at radius 3 is 2.50 bits per heavy atom. The summed E-state index contributed by atoms with van der Waals surface area (Å²) in [4.78, 5) is 15.0. The maximum absolute atomic E-state index is 11.4. The summed E-state index contributed by atoms with van der Waals surface area (Å²) < 4.78 is 5.56. The summed E-state index contributed by atoms with van der Waals surface area (Å²) in [6.07, 6.45) is 0.899. The number of thioether (sulfide) groups is 1. The quantitative estimate of drug-likeness (QED) is 0.727. The van der Waals surface area contributed by atoms with E-state index in [-0.39, 0.29) is 11.9 Å². The van der Waals surface area contributed by atoms with Gasteiger partial charge in [0.1, 0.15) is 0 Å². The summed E-state index contributed by atoms with van der Waals surface area (Å²) >= 11 is 1.27. The van der Waals surface area contributed by atoms with Crippen molar-refractivity contribution < 1.29 is 9.21 Å². The highest BCUT2D eigenvalue weighted by atomic mass is 32.2. The van der Waals surface area contributed by atoms with E-state index in [1.165, 1.54) is 11.8 Å². The lowest BCUT2D eigenvalue weighted by molar-refractivity contribution is -0.125. The van der Waals surface area contributed by atoms with E-state index < -0.39 is 0 Å². The largest absolute Gasteiger partial charge is 0.414 e. The summed E-state index contributed by atoms with van der Waals surface area (Å²) in [7, 11) is 7.39. The molecule has 0 fully saturated rings. The molecule has 1 amide bonds. The van der Waals surface area contributed by atoms with Crippen molar-refractivity contribution in [2.24, 2.45) is 0 Å². The molecule has 18 heavy (non-hydrogen) atoms. The number of hydrogen-bond acceptors (Lipinski definition) is 6. The molecule has 1 atom stereocenters. The van der Waals surface area contributed by atoms with Crippen LogP contribution in [0.25, 0.3) is 0 Å². The highest BCUT2D eigenvalue weighted by Crippen LogP contribution is 2.24. The first kappa shape index (κ1) is 15.0. The van der Waals surface area contributed by atoms with Gasteiger partial charge < -0.3 is 9.32 Å². The predicted molar refractivity (Wildman–Crippen MR) is 70.4 cm³/mol. The molecule has 0 bridgehead atoms. The van der Waals surface area contributed by atoms with E-state index >= 15 is 0 Å². The molecule has 1 aromatic rings. The van der Waals surface area contributed by atoms with Crippen LogP contribution in [0.1, 0.15) is 25.3 Å². The fourth-order valence-corrected chi connectivity index (χ4v) is 2.17. The van der Waals surface area contributed by atoms with E-state index in [2.05, 4.69) is 17.1 Å². The summed E-state index contributed by atoms with van der Waals surface area (Å²) in [6, 6.07) is 0.122. The summed E-state index contributed by atoms with van der Waals surface area (Å²) in [6.45, 7) is 2.07. The highest BCUT2D eigenvalue weighted by Gasteiger charge is 2.19. The second-order valence-electron chi connectivity index (χ2n) is 4.37. The number of carbonyl (C=O) groups excluding carboxylic acids is 1. The maximum atomic E-state index is 11.4. The molecule has 0 saturated heterocycles. The Morgan fingerprint density at radius 1 is 1.33 bits per heavy atom. The Balaban J connectivity index is 2.60. The molecule has 102 valence electrons. The van der Waals surface area contributed by atoms with Gasteiger partial charge in [-0.15, -0.1) is 10.2 Å². The first-order valence-corrected chi connectivity index (χ1v) is 6.77. The maximum Gasteiger partial charge on any atom is 0.277 e. The molecular formula is C11H20N4O2S. The minimum absolute atomic E-state index is 0.0272. The number of aromatic nitrogens is 2. The van der Waals surface area contributed by atoms with Crippen LogP contribution in [0.4, 0.5) is 0 Å². The fourth-order valence-electron chi connectivity index (χ4n) is 1.43. The van der Waals surface area contributed by atoms with E-state index in [9.17, 15) is 4.79 Å². The molecule has 0 aliphatic carbocycles. The van der Waals surface area contributed by atoms with Crippen LogP contribution in [0, 0.1) is 0 Å². The van der Waals surface area contributed by atoms with Crippen molar-refractivity contribution in [2.45, 2.75) is 24.6 Å². The van der Waals surface area contributed by atoms with Gasteiger partial charge in [0.15, 0.2) is 0 Å². The molecule has 0 aliphatic heterocycles. The SMILES string of the molecule is CC[C@H](c1nnc(SCC(=O)N(C)C)o1)N(C)C. The Labute approximate surface area is 112 Å². The lowest BCUT2D eigenvalue weighted by Gasteiger charge is -2.18. The molecule has 0 aromatic carbocycles. The molecule has 0 aliphatic rings. The standard InChI is InChI=1S/C11H20N4O2S/c1-6-8(14(2)3)10-12-13-11(17-10)18-7-9(16)15(4)5/h8H,6-7H2,1-5H3/t8-/m1/s1. The molecular weight excluding hydrogens is 252 g/mol. The summed E-state index contributed by atoms with van der Waals surface area (Å²) in [5.41, 5.74) is 0. The number of nitrogens with zero attached hydrogens (tertiary/aromatic N) is 4. The second kappa shape index (κ2) is 6.75. The Bertz CT molecular complexity index is 392. The number of rotatable bonds is 6. The fraction of sp³-hybridized carbons (Fsp3) is 0.727. The number of carbonyl (C=O) groups is 1. The van der Waals surface area contributed by atoms with Crippen molar-refractivity contribution in [3.05, 3.63) is 5.89 Å². The van der Waals surface area contributed by atoms with E-state index in [0.29, 0.717) is 16.9 Å². The van der Waals surface area contributed by atoms with Crippen molar-refractivity contribution in [3.63, 3.8) is 0 Å². The van der Waals surface area contributed by atoms with Gasteiger partial charge in [0.25, 0.3) is 5.22 Å². The van der Waals surface area contributed by atoms with Crippen LogP contribution >= 0.6 is 11.8 Å². The van der Waals surface area contributed by atoms with Gasteiger partial charge in [0.2, 0.25) is 11.8 Å². The van der Waals surface area contributed by atoms with Crippen LogP contribution in [-0.4, -0.2) is 59.8 Å². The van der Waals surface area contributed by atoms with Crippen LogP contribution in [0.5, 0.6) is 0 Å². The normalized spacial score (nSPS) is 12.8. The monoisotopic (exact) mass is 272 g/mol. The molecule has 1 rings (SSSR count). The molecule has 7 heteroatoms. The predicted octanol–water partition coefficient (Wildman–Crippen LogP) is 1.26. The van der Waals surface area contributed by atoms with E-state index in [1.807, 2.05) is 19.0 Å². The third-order valence-corrected chi connectivity index (χ3v) is 3.34. The van der Waals surface area contributed by atoms with Gasteiger partial charge >= 0.3 is 0 Å². The van der Waals surface area contributed by atoms with E-state index in [1.54, 1.807) is 19.0 Å². The third-order valence-electron chi connectivity index (χ3n) is 2.54. The lowest BCUT2D eigenvalue weighted by atomic mass is 10.2. The topological polar surface area (TPSA) is 62.5 Å². The highest BCUT2D eigenvalue weighted by molar-refractivity contribution is 7.99. The molecule has 0 saturated carbocycles. The van der Waals surface area contributed by atoms with Crippen molar-refractivity contribution >= 4 is 17.7 Å². The first-order valence-electron chi connectivity index (χ1n) is 5.78. The van der Waals surface area contributed by atoms with E-state index in [0.717, 1.165) is 6.42 Å². The Kier molecular flexibility index (Phi) is 5.61. The average Bonchev–Trinajstić information content (AvgIpc) is 2.74. The molecule has 0 spiro atoms. The summed E-state index contributed by atoms with van der Waals surface area (Å²) in [5, 5.41) is 8.42. The van der Waals surface area contributed by atoms with Crippen molar-refractivity contribution in [1.82, 2.24) is 20.0 Å². The van der Waals surface area contributed by atoms with Gasteiger partial charge in [-0.05, 0) is 20.5 Å². The smallest absolute Gasteiger partial charge is 0.277 e. The van der Waals surface area contributed by atoms with Crippen LogP contribution in [0.15, 0.2) is 9.64 Å². The summed E-state index contributed by atoms with van der Waals surface area (Å²) in [5.74, 6) is 0.939. The van der Waals surface area contributed by atoms with Crippen LogP contribution in [0.3, 0.4) is 0 Å². The minimum Gasteiger partial charge on any atom is -0.414 e. The minimum atomic E-state index is 0.0272. The van der Waals surface area contributed by atoms with Gasteiger partial charge in [-0.3, -0.25) is 9.69 Å². The molecule has 6 nitrogen and oxygen atoms in total.